The number of anilines is 1. The van der Waals surface area contributed by atoms with Crippen LogP contribution in [0, 0.1) is 6.92 Å². The molecular formula is C17H16N4O2S2. The predicted molar refractivity (Wildman–Crippen MR) is 101 cm³/mol. The van der Waals surface area contributed by atoms with Gasteiger partial charge in [0.1, 0.15) is 6.54 Å². The topological polar surface area (TPSA) is 76.9 Å². The number of rotatable bonds is 5. The maximum Gasteiger partial charge on any atom is 0.267 e. The van der Waals surface area contributed by atoms with E-state index in [0.717, 1.165) is 20.8 Å². The zero-order valence-electron chi connectivity index (χ0n) is 13.7. The summed E-state index contributed by atoms with van der Waals surface area (Å²) in [5.74, 6) is -0.334. The van der Waals surface area contributed by atoms with Crippen LogP contribution < -0.4 is 10.9 Å². The van der Waals surface area contributed by atoms with Gasteiger partial charge in [0, 0.05) is 21.9 Å². The largest absolute Gasteiger partial charge is 0.300 e. The molecule has 0 aliphatic rings. The van der Waals surface area contributed by atoms with Crippen LogP contribution in [0.25, 0.3) is 11.3 Å². The third-order valence-electron chi connectivity index (χ3n) is 3.41. The number of nitrogens with one attached hydrogen (secondary N) is 1. The first-order chi connectivity index (χ1) is 12.0. The second kappa shape index (κ2) is 7.62. The van der Waals surface area contributed by atoms with Crippen molar-refractivity contribution in [2.45, 2.75) is 18.4 Å². The van der Waals surface area contributed by atoms with Crippen LogP contribution in [-0.2, 0) is 11.3 Å². The van der Waals surface area contributed by atoms with Crippen LogP contribution in [-0.4, -0.2) is 26.9 Å². The van der Waals surface area contributed by atoms with Gasteiger partial charge in [-0.05, 0) is 31.4 Å². The van der Waals surface area contributed by atoms with Crippen LogP contribution in [0.4, 0.5) is 5.13 Å². The standard InChI is InChI=1S/C17H16N4O2S2/c1-11-10-25-17(18-11)19-15(22)9-21-16(23)8-7-14(20-21)12-3-5-13(24-2)6-4-12/h3-8,10H,9H2,1-2H3,(H,18,19,22). The summed E-state index contributed by atoms with van der Waals surface area (Å²) in [6.45, 7) is 1.69. The molecule has 0 spiro atoms. The normalized spacial score (nSPS) is 10.6. The molecule has 1 amide bonds. The van der Waals surface area contributed by atoms with E-state index in [1.807, 2.05) is 42.8 Å². The number of amides is 1. The molecule has 0 unspecified atom stereocenters. The zero-order chi connectivity index (χ0) is 17.8. The van der Waals surface area contributed by atoms with Crippen LogP contribution in [0.3, 0.4) is 0 Å². The maximum atomic E-state index is 12.1. The smallest absolute Gasteiger partial charge is 0.267 e. The van der Waals surface area contributed by atoms with Gasteiger partial charge in [-0.25, -0.2) is 9.67 Å². The molecule has 0 radical (unpaired) electrons. The second-order valence-corrected chi connectivity index (χ2v) is 7.02. The monoisotopic (exact) mass is 372 g/mol. The quantitative estimate of drug-likeness (QED) is 0.697. The first-order valence-electron chi connectivity index (χ1n) is 7.50. The lowest BCUT2D eigenvalue weighted by Gasteiger charge is -2.07. The summed E-state index contributed by atoms with van der Waals surface area (Å²) in [7, 11) is 0. The molecule has 25 heavy (non-hydrogen) atoms. The number of carbonyl (C=O) groups is 1. The number of thiazole rings is 1. The van der Waals surface area contributed by atoms with Gasteiger partial charge in [-0.3, -0.25) is 9.59 Å². The highest BCUT2D eigenvalue weighted by molar-refractivity contribution is 7.98. The average Bonchev–Trinajstić information content (AvgIpc) is 3.01. The number of hydrogen-bond donors (Lipinski definition) is 1. The highest BCUT2D eigenvalue weighted by Crippen LogP contribution is 2.20. The van der Waals surface area contributed by atoms with Crippen LogP contribution in [0.15, 0.2) is 51.5 Å². The van der Waals surface area contributed by atoms with Crippen molar-refractivity contribution < 1.29 is 4.79 Å². The van der Waals surface area contributed by atoms with Gasteiger partial charge in [-0.2, -0.15) is 5.10 Å². The maximum absolute atomic E-state index is 12.1. The van der Waals surface area contributed by atoms with Gasteiger partial charge in [0.25, 0.3) is 5.56 Å². The number of benzene rings is 1. The van der Waals surface area contributed by atoms with E-state index in [2.05, 4.69) is 15.4 Å². The fourth-order valence-electron chi connectivity index (χ4n) is 2.18. The molecule has 3 rings (SSSR count). The molecule has 1 N–H and O–H groups in total. The molecule has 3 aromatic rings. The third-order valence-corrected chi connectivity index (χ3v) is 5.03. The first kappa shape index (κ1) is 17.4. The van der Waals surface area contributed by atoms with Crippen molar-refractivity contribution in [1.82, 2.24) is 14.8 Å². The van der Waals surface area contributed by atoms with E-state index in [0.29, 0.717) is 10.8 Å². The Morgan fingerprint density at radius 2 is 2.00 bits per heavy atom. The molecule has 0 saturated carbocycles. The molecule has 2 aromatic heterocycles. The number of hydrogen-bond acceptors (Lipinski definition) is 6. The van der Waals surface area contributed by atoms with Gasteiger partial charge in [-0.1, -0.05) is 12.1 Å². The average molecular weight is 372 g/mol. The lowest BCUT2D eigenvalue weighted by atomic mass is 10.1. The third kappa shape index (κ3) is 4.34. The van der Waals surface area contributed by atoms with Gasteiger partial charge in [0.2, 0.25) is 5.91 Å². The predicted octanol–water partition coefficient (Wildman–Crippen LogP) is 3.04. The number of aryl methyl sites for hydroxylation is 1. The van der Waals surface area contributed by atoms with Gasteiger partial charge >= 0.3 is 0 Å². The summed E-state index contributed by atoms with van der Waals surface area (Å²) in [5.41, 5.74) is 2.05. The molecule has 8 heteroatoms. The summed E-state index contributed by atoms with van der Waals surface area (Å²) in [6, 6.07) is 11.0. The fourth-order valence-corrected chi connectivity index (χ4v) is 3.30. The Labute approximate surface area is 152 Å². The summed E-state index contributed by atoms with van der Waals surface area (Å²) in [5, 5.41) is 9.34. The Kier molecular flexibility index (Phi) is 5.30. The number of carbonyl (C=O) groups excluding carboxylic acids is 1. The molecule has 128 valence electrons. The molecule has 0 fully saturated rings. The molecule has 0 atom stereocenters. The molecule has 1 aromatic carbocycles. The lowest BCUT2D eigenvalue weighted by molar-refractivity contribution is -0.117. The van der Waals surface area contributed by atoms with Crippen molar-refractivity contribution in [2.75, 3.05) is 11.6 Å². The fraction of sp³-hybridized carbons (Fsp3) is 0.176. The minimum Gasteiger partial charge on any atom is -0.300 e. The minimum absolute atomic E-state index is 0.159. The zero-order valence-corrected chi connectivity index (χ0v) is 15.4. The van der Waals surface area contributed by atoms with Gasteiger partial charge < -0.3 is 5.32 Å². The van der Waals surface area contributed by atoms with Crippen LogP contribution in [0.2, 0.25) is 0 Å². The van der Waals surface area contributed by atoms with E-state index in [4.69, 9.17) is 0 Å². The Hall–Kier alpha value is -2.45. The van der Waals surface area contributed by atoms with Crippen molar-refractivity contribution in [1.29, 1.82) is 0 Å². The lowest BCUT2D eigenvalue weighted by Crippen LogP contribution is -2.29. The number of nitrogens with zero attached hydrogens (tertiary/aromatic N) is 3. The van der Waals surface area contributed by atoms with Crippen molar-refractivity contribution in [2.24, 2.45) is 0 Å². The summed E-state index contributed by atoms with van der Waals surface area (Å²) in [4.78, 5) is 29.4. The molecular weight excluding hydrogens is 356 g/mol. The van der Waals surface area contributed by atoms with Gasteiger partial charge in [0.15, 0.2) is 5.13 Å². The first-order valence-corrected chi connectivity index (χ1v) is 9.60. The van der Waals surface area contributed by atoms with Gasteiger partial charge in [-0.15, -0.1) is 23.1 Å². The van der Waals surface area contributed by atoms with E-state index < -0.39 is 0 Å². The van der Waals surface area contributed by atoms with Crippen LogP contribution in [0.1, 0.15) is 5.69 Å². The summed E-state index contributed by atoms with van der Waals surface area (Å²) < 4.78 is 1.16. The van der Waals surface area contributed by atoms with Crippen molar-refractivity contribution in [3.63, 3.8) is 0 Å². The molecule has 0 aliphatic heterocycles. The van der Waals surface area contributed by atoms with E-state index in [-0.39, 0.29) is 18.0 Å². The minimum atomic E-state index is -0.334. The second-order valence-electron chi connectivity index (χ2n) is 5.29. The highest BCUT2D eigenvalue weighted by atomic mass is 32.2. The van der Waals surface area contributed by atoms with E-state index in [1.165, 1.54) is 17.4 Å². The molecule has 0 bridgehead atoms. The Morgan fingerprint density at radius 1 is 1.24 bits per heavy atom. The molecule has 6 nitrogen and oxygen atoms in total. The molecule has 0 saturated heterocycles. The number of aromatic nitrogens is 3. The van der Waals surface area contributed by atoms with Crippen molar-refractivity contribution in [3.8, 4) is 11.3 Å². The van der Waals surface area contributed by atoms with Crippen LogP contribution in [0.5, 0.6) is 0 Å². The highest BCUT2D eigenvalue weighted by Gasteiger charge is 2.10. The molecule has 2 heterocycles. The van der Waals surface area contributed by atoms with Crippen molar-refractivity contribution >= 4 is 34.1 Å². The summed E-state index contributed by atoms with van der Waals surface area (Å²) >= 11 is 3.00. The van der Waals surface area contributed by atoms with E-state index in [1.54, 1.807) is 17.8 Å². The Balaban J connectivity index is 1.79. The summed E-state index contributed by atoms with van der Waals surface area (Å²) in [6.07, 6.45) is 2.01. The van der Waals surface area contributed by atoms with Gasteiger partial charge in [0.05, 0.1) is 11.4 Å². The SMILES string of the molecule is CSc1ccc(-c2ccc(=O)n(CC(=O)Nc3nc(C)cs3)n2)cc1. The van der Waals surface area contributed by atoms with E-state index in [9.17, 15) is 9.59 Å². The van der Waals surface area contributed by atoms with Crippen molar-refractivity contribution in [3.05, 3.63) is 57.8 Å². The number of thioether (sulfide) groups is 1. The van der Waals surface area contributed by atoms with E-state index >= 15 is 0 Å². The Morgan fingerprint density at radius 3 is 2.64 bits per heavy atom. The van der Waals surface area contributed by atoms with Crippen LogP contribution >= 0.6 is 23.1 Å². The molecule has 0 aliphatic carbocycles. The Bertz CT molecular complexity index is 948.